The van der Waals surface area contributed by atoms with Gasteiger partial charge in [0.05, 0.1) is 0 Å². The van der Waals surface area contributed by atoms with Gasteiger partial charge in [0.15, 0.2) is 0 Å². The lowest BCUT2D eigenvalue weighted by atomic mass is 10.0. The summed E-state index contributed by atoms with van der Waals surface area (Å²) >= 11 is 12.6. The molecule has 6 heteroatoms. The van der Waals surface area contributed by atoms with Crippen molar-refractivity contribution in [2.45, 2.75) is 51.6 Å². The maximum absolute atomic E-state index is 13.6. The highest BCUT2D eigenvalue weighted by molar-refractivity contribution is 6.35. The lowest BCUT2D eigenvalue weighted by Crippen LogP contribution is -2.50. The van der Waals surface area contributed by atoms with Gasteiger partial charge < -0.3 is 10.2 Å². The van der Waals surface area contributed by atoms with Gasteiger partial charge in [0.25, 0.3) is 0 Å². The first-order valence-corrected chi connectivity index (χ1v) is 12.8. The van der Waals surface area contributed by atoms with Crippen molar-refractivity contribution >= 4 is 35.0 Å². The Morgan fingerprint density at radius 3 is 2.20 bits per heavy atom. The largest absolute Gasteiger partial charge is 0.354 e. The molecule has 0 aliphatic rings. The van der Waals surface area contributed by atoms with Crippen molar-refractivity contribution in [1.82, 2.24) is 10.2 Å². The van der Waals surface area contributed by atoms with E-state index in [0.717, 1.165) is 29.5 Å². The Balaban J connectivity index is 1.91. The quantitative estimate of drug-likeness (QED) is 0.283. The van der Waals surface area contributed by atoms with Gasteiger partial charge in [0.1, 0.15) is 6.04 Å². The van der Waals surface area contributed by atoms with Crippen LogP contribution in [0.2, 0.25) is 10.0 Å². The second-order valence-corrected chi connectivity index (χ2v) is 9.44. The molecule has 3 aromatic rings. The van der Waals surface area contributed by atoms with E-state index < -0.39 is 6.04 Å². The molecule has 0 bridgehead atoms. The summed E-state index contributed by atoms with van der Waals surface area (Å²) in [6.07, 6.45) is 3.17. The van der Waals surface area contributed by atoms with Crippen molar-refractivity contribution in [3.05, 3.63) is 106 Å². The second kappa shape index (κ2) is 13.9. The summed E-state index contributed by atoms with van der Waals surface area (Å²) in [5, 5.41) is 4.04. The topological polar surface area (TPSA) is 49.4 Å². The molecular weight excluding hydrogens is 479 g/mol. The first-order chi connectivity index (χ1) is 17.0. The van der Waals surface area contributed by atoms with Crippen LogP contribution in [0.5, 0.6) is 0 Å². The Morgan fingerprint density at radius 1 is 0.914 bits per heavy atom. The van der Waals surface area contributed by atoms with E-state index in [0.29, 0.717) is 35.9 Å². The third-order valence-corrected chi connectivity index (χ3v) is 6.51. The number of carbonyl (C=O) groups is 2. The summed E-state index contributed by atoms with van der Waals surface area (Å²) in [4.78, 5) is 28.7. The van der Waals surface area contributed by atoms with Crippen molar-refractivity contribution < 1.29 is 9.59 Å². The smallest absolute Gasteiger partial charge is 0.243 e. The van der Waals surface area contributed by atoms with Gasteiger partial charge in [-0.2, -0.15) is 0 Å². The van der Waals surface area contributed by atoms with Crippen LogP contribution < -0.4 is 5.32 Å². The van der Waals surface area contributed by atoms with E-state index in [9.17, 15) is 9.59 Å². The second-order valence-electron chi connectivity index (χ2n) is 8.59. The molecule has 2 amide bonds. The maximum Gasteiger partial charge on any atom is 0.243 e. The van der Waals surface area contributed by atoms with Crippen LogP contribution >= 0.6 is 23.2 Å². The van der Waals surface area contributed by atoms with Gasteiger partial charge in [-0.05, 0) is 41.7 Å². The molecule has 0 heterocycles. The van der Waals surface area contributed by atoms with Gasteiger partial charge in [-0.1, -0.05) is 103 Å². The molecule has 0 saturated carbocycles. The number of benzene rings is 3. The monoisotopic (exact) mass is 510 g/mol. The zero-order valence-corrected chi connectivity index (χ0v) is 21.6. The third-order valence-electron chi connectivity index (χ3n) is 5.93. The molecule has 0 spiro atoms. The number of hydrogen-bond acceptors (Lipinski definition) is 2. The molecule has 1 N–H and O–H groups in total. The molecule has 0 aliphatic heterocycles. The van der Waals surface area contributed by atoms with Crippen LogP contribution in [0.1, 0.15) is 42.9 Å². The summed E-state index contributed by atoms with van der Waals surface area (Å²) in [6, 6.07) is 24.3. The van der Waals surface area contributed by atoms with Crippen LogP contribution in [0.15, 0.2) is 78.9 Å². The van der Waals surface area contributed by atoms with Crippen molar-refractivity contribution in [3.8, 4) is 0 Å². The zero-order valence-electron chi connectivity index (χ0n) is 20.1. The summed E-state index contributed by atoms with van der Waals surface area (Å²) in [7, 11) is 0. The summed E-state index contributed by atoms with van der Waals surface area (Å²) < 4.78 is 0. The average molecular weight is 511 g/mol. The van der Waals surface area contributed by atoms with E-state index >= 15 is 0 Å². The van der Waals surface area contributed by atoms with E-state index in [1.54, 1.807) is 17.0 Å². The number of nitrogens with zero attached hydrogens (tertiary/aromatic N) is 1. The molecule has 0 aromatic heterocycles. The van der Waals surface area contributed by atoms with Gasteiger partial charge in [0.2, 0.25) is 11.8 Å². The predicted octanol–water partition coefficient (Wildman–Crippen LogP) is 6.48. The number of amides is 2. The first kappa shape index (κ1) is 26.8. The minimum Gasteiger partial charge on any atom is -0.354 e. The van der Waals surface area contributed by atoms with E-state index in [1.807, 2.05) is 66.7 Å². The third kappa shape index (κ3) is 8.41. The maximum atomic E-state index is 13.6. The minimum atomic E-state index is -0.663. The van der Waals surface area contributed by atoms with Crippen LogP contribution in [-0.4, -0.2) is 29.3 Å². The van der Waals surface area contributed by atoms with Gasteiger partial charge >= 0.3 is 0 Å². The molecule has 4 nitrogen and oxygen atoms in total. The van der Waals surface area contributed by atoms with Crippen LogP contribution in [-0.2, 0) is 29.0 Å². The van der Waals surface area contributed by atoms with Gasteiger partial charge in [-0.15, -0.1) is 0 Å². The Labute approximate surface area is 218 Å². The predicted molar refractivity (Wildman–Crippen MR) is 144 cm³/mol. The number of aryl methyl sites for hydroxylation is 1. The molecule has 35 heavy (non-hydrogen) atoms. The fourth-order valence-corrected chi connectivity index (χ4v) is 4.40. The van der Waals surface area contributed by atoms with Crippen molar-refractivity contribution in [1.29, 1.82) is 0 Å². The van der Waals surface area contributed by atoms with Gasteiger partial charge in [0, 0.05) is 36.0 Å². The number of rotatable bonds is 12. The van der Waals surface area contributed by atoms with Crippen LogP contribution in [0.25, 0.3) is 0 Å². The molecule has 0 radical (unpaired) electrons. The highest BCUT2D eigenvalue weighted by Crippen LogP contribution is 2.24. The standard InChI is InChI=1S/C29H32Cl2N2O2/c1-2-3-18-32-29(35)27(19-23-12-8-5-9-13-23)33(21-24-15-16-25(30)20-26(24)31)28(34)17-14-22-10-6-4-7-11-22/h4-13,15-16,20,27H,2-3,14,17-19,21H2,1H3,(H,32,35)/t27-/m0/s1. The summed E-state index contributed by atoms with van der Waals surface area (Å²) in [5.74, 6) is -0.244. The number of hydrogen-bond donors (Lipinski definition) is 1. The van der Waals surface area contributed by atoms with E-state index in [1.165, 1.54) is 0 Å². The molecule has 3 rings (SSSR count). The molecule has 3 aromatic carbocycles. The van der Waals surface area contributed by atoms with Crippen molar-refractivity contribution in [2.75, 3.05) is 6.54 Å². The number of carbonyl (C=O) groups excluding carboxylic acids is 2. The Bertz CT molecular complexity index is 1090. The molecule has 0 aliphatic carbocycles. The fraction of sp³-hybridized carbons (Fsp3) is 0.310. The number of halogens is 2. The SMILES string of the molecule is CCCCNC(=O)[C@H](Cc1ccccc1)N(Cc1ccc(Cl)cc1Cl)C(=O)CCc1ccccc1. The highest BCUT2D eigenvalue weighted by atomic mass is 35.5. The molecule has 0 unspecified atom stereocenters. The summed E-state index contributed by atoms with van der Waals surface area (Å²) in [6.45, 7) is 2.88. The lowest BCUT2D eigenvalue weighted by molar-refractivity contribution is -0.141. The van der Waals surface area contributed by atoms with E-state index in [-0.39, 0.29) is 18.4 Å². The van der Waals surface area contributed by atoms with E-state index in [4.69, 9.17) is 23.2 Å². The van der Waals surface area contributed by atoms with Crippen molar-refractivity contribution in [3.63, 3.8) is 0 Å². The van der Waals surface area contributed by atoms with E-state index in [2.05, 4.69) is 12.2 Å². The molecule has 0 saturated heterocycles. The Hall–Kier alpha value is -2.82. The average Bonchev–Trinajstić information content (AvgIpc) is 2.87. The van der Waals surface area contributed by atoms with Gasteiger partial charge in [-0.25, -0.2) is 0 Å². The van der Waals surface area contributed by atoms with Crippen LogP contribution in [0, 0.1) is 0 Å². The van der Waals surface area contributed by atoms with Gasteiger partial charge in [-0.3, -0.25) is 9.59 Å². The highest BCUT2D eigenvalue weighted by Gasteiger charge is 2.30. The first-order valence-electron chi connectivity index (χ1n) is 12.1. The van der Waals surface area contributed by atoms with Crippen LogP contribution in [0.4, 0.5) is 0 Å². The fourth-order valence-electron chi connectivity index (χ4n) is 3.93. The molecule has 1 atom stereocenters. The minimum absolute atomic E-state index is 0.0913. The number of unbranched alkanes of at least 4 members (excludes halogenated alkanes) is 1. The Kier molecular flexibility index (Phi) is 10.6. The van der Waals surface area contributed by atoms with Crippen LogP contribution in [0.3, 0.4) is 0 Å². The number of nitrogens with one attached hydrogen (secondary N) is 1. The normalized spacial score (nSPS) is 11.6. The van der Waals surface area contributed by atoms with Crippen molar-refractivity contribution in [2.24, 2.45) is 0 Å². The zero-order chi connectivity index (χ0) is 25.0. The lowest BCUT2D eigenvalue weighted by Gasteiger charge is -2.32. The molecular formula is C29H32Cl2N2O2. The Morgan fingerprint density at radius 2 is 1.57 bits per heavy atom. The summed E-state index contributed by atoms with van der Waals surface area (Å²) in [5.41, 5.74) is 2.83. The molecule has 0 fully saturated rings. The molecule has 184 valence electrons.